The number of fused-ring (bicyclic) bond motifs is 1. The van der Waals surface area contributed by atoms with Crippen LogP contribution in [0, 0.1) is 19.7 Å². The van der Waals surface area contributed by atoms with E-state index in [1.165, 1.54) is 22.2 Å². The first kappa shape index (κ1) is 26.4. The van der Waals surface area contributed by atoms with Crippen LogP contribution in [0.25, 0.3) is 16.6 Å². The SMILES string of the molecule is C=C=C(C)Nc1cccc(-n2c(=O)n(CCC)c(=O)c3c(Nc4ccc(C)cc4F)n(C)c(=O)c(C)c32)c1. The number of nitrogens with one attached hydrogen (secondary N) is 2. The molecule has 9 heteroatoms. The minimum Gasteiger partial charge on any atom is -0.353 e. The van der Waals surface area contributed by atoms with Crippen LogP contribution in [0.4, 0.5) is 21.6 Å². The molecule has 0 atom stereocenters. The van der Waals surface area contributed by atoms with Crippen LogP contribution in [0.2, 0.25) is 0 Å². The second kappa shape index (κ2) is 10.4. The van der Waals surface area contributed by atoms with E-state index in [-0.39, 0.29) is 34.5 Å². The summed E-state index contributed by atoms with van der Waals surface area (Å²) < 4.78 is 18.6. The van der Waals surface area contributed by atoms with Crippen LogP contribution >= 0.6 is 0 Å². The van der Waals surface area contributed by atoms with Gasteiger partial charge in [0.1, 0.15) is 17.0 Å². The molecule has 0 spiro atoms. The fourth-order valence-corrected chi connectivity index (χ4v) is 4.48. The first-order valence-corrected chi connectivity index (χ1v) is 12.3. The highest BCUT2D eigenvalue weighted by Crippen LogP contribution is 2.27. The highest BCUT2D eigenvalue weighted by molar-refractivity contribution is 5.93. The van der Waals surface area contributed by atoms with E-state index < -0.39 is 22.6 Å². The van der Waals surface area contributed by atoms with E-state index in [0.29, 0.717) is 23.5 Å². The first-order chi connectivity index (χ1) is 18.1. The molecule has 0 aliphatic carbocycles. The fourth-order valence-electron chi connectivity index (χ4n) is 4.48. The number of anilines is 3. The number of benzene rings is 2. The molecule has 4 aromatic rings. The molecule has 0 saturated carbocycles. The van der Waals surface area contributed by atoms with Crippen LogP contribution in [0.15, 0.2) is 74.9 Å². The van der Waals surface area contributed by atoms with Gasteiger partial charge in [-0.2, -0.15) is 0 Å². The molecule has 0 bridgehead atoms. The number of hydrogen-bond acceptors (Lipinski definition) is 5. The number of aryl methyl sites for hydroxylation is 2. The third kappa shape index (κ3) is 4.60. The van der Waals surface area contributed by atoms with Crippen molar-refractivity contribution in [3.05, 3.63) is 109 Å². The molecule has 0 aliphatic heterocycles. The van der Waals surface area contributed by atoms with Gasteiger partial charge in [-0.3, -0.25) is 23.3 Å². The van der Waals surface area contributed by atoms with Crippen LogP contribution in [0.5, 0.6) is 0 Å². The van der Waals surface area contributed by atoms with Crippen molar-refractivity contribution in [2.75, 3.05) is 10.6 Å². The van der Waals surface area contributed by atoms with Gasteiger partial charge in [-0.05, 0) is 63.1 Å². The minimum absolute atomic E-state index is 0.0988. The topological polar surface area (TPSA) is 90.1 Å². The van der Waals surface area contributed by atoms with Crippen molar-refractivity contribution < 1.29 is 4.39 Å². The van der Waals surface area contributed by atoms with E-state index in [2.05, 4.69) is 22.9 Å². The fraction of sp³-hybridized carbons (Fsp3) is 0.241. The standard InChI is InChI=1S/C29H30FN5O3/c1-7-14-34-28(37)24-25(35(29(34)38)21-11-9-10-20(16-21)31-18(4)8-2)19(5)27(36)33(6)26(24)32-23-13-12-17(3)15-22(23)30/h9-13,15-16,31-32H,2,7,14H2,1,3-6H3. The summed E-state index contributed by atoms with van der Waals surface area (Å²) in [6.45, 7) is 10.8. The predicted octanol–water partition coefficient (Wildman–Crippen LogP) is 4.86. The highest BCUT2D eigenvalue weighted by atomic mass is 19.1. The van der Waals surface area contributed by atoms with Crippen LogP contribution in [0.1, 0.15) is 31.4 Å². The average Bonchev–Trinajstić information content (AvgIpc) is 2.89. The number of halogens is 1. The molecule has 0 amide bonds. The molecule has 0 fully saturated rings. The van der Waals surface area contributed by atoms with Gasteiger partial charge in [0, 0.05) is 24.8 Å². The molecule has 8 nitrogen and oxygen atoms in total. The van der Waals surface area contributed by atoms with E-state index in [0.717, 1.165) is 10.1 Å². The quantitative estimate of drug-likeness (QED) is 0.343. The Balaban J connectivity index is 2.15. The zero-order valence-electron chi connectivity index (χ0n) is 22.1. The second-order valence-electron chi connectivity index (χ2n) is 9.22. The molecule has 0 unspecified atom stereocenters. The lowest BCUT2D eigenvalue weighted by molar-refractivity contribution is 0.607. The van der Waals surface area contributed by atoms with Gasteiger partial charge in [0.05, 0.1) is 22.6 Å². The lowest BCUT2D eigenvalue weighted by Gasteiger charge is -2.21. The minimum atomic E-state index is -0.568. The first-order valence-electron chi connectivity index (χ1n) is 12.3. The Labute approximate surface area is 219 Å². The van der Waals surface area contributed by atoms with Gasteiger partial charge < -0.3 is 10.6 Å². The second-order valence-corrected chi connectivity index (χ2v) is 9.22. The molecule has 2 N–H and O–H groups in total. The average molecular weight is 516 g/mol. The predicted molar refractivity (Wildman–Crippen MR) is 150 cm³/mol. The largest absolute Gasteiger partial charge is 0.353 e. The maximum Gasteiger partial charge on any atom is 0.336 e. The Hall–Kier alpha value is -4.62. The zero-order valence-corrected chi connectivity index (χ0v) is 22.1. The molecular formula is C29H30FN5O3. The van der Waals surface area contributed by atoms with E-state index in [1.54, 1.807) is 51.1 Å². The third-order valence-electron chi connectivity index (χ3n) is 6.42. The number of aromatic nitrogens is 3. The van der Waals surface area contributed by atoms with Crippen LogP contribution in [0.3, 0.4) is 0 Å². The third-order valence-corrected chi connectivity index (χ3v) is 6.42. The van der Waals surface area contributed by atoms with Crippen molar-refractivity contribution >= 4 is 28.1 Å². The molecule has 2 aromatic carbocycles. The molecule has 0 radical (unpaired) electrons. The van der Waals surface area contributed by atoms with E-state index >= 15 is 0 Å². The van der Waals surface area contributed by atoms with Gasteiger partial charge in [0.15, 0.2) is 0 Å². The summed E-state index contributed by atoms with van der Waals surface area (Å²) in [5, 5.41) is 6.22. The number of pyridine rings is 1. The summed E-state index contributed by atoms with van der Waals surface area (Å²) in [4.78, 5) is 41.0. The van der Waals surface area contributed by atoms with Crippen molar-refractivity contribution in [1.82, 2.24) is 13.7 Å². The van der Waals surface area contributed by atoms with Crippen LogP contribution in [-0.2, 0) is 13.6 Å². The van der Waals surface area contributed by atoms with Crippen molar-refractivity contribution in [3.63, 3.8) is 0 Å². The Kier molecular flexibility index (Phi) is 7.23. The summed E-state index contributed by atoms with van der Waals surface area (Å²) in [7, 11) is 1.51. The maximum absolute atomic E-state index is 14.8. The summed E-state index contributed by atoms with van der Waals surface area (Å²) in [5.41, 5.74) is 4.25. The summed E-state index contributed by atoms with van der Waals surface area (Å²) >= 11 is 0. The summed E-state index contributed by atoms with van der Waals surface area (Å²) in [6.07, 6.45) is 0.533. The molecule has 4 rings (SSSR count). The summed E-state index contributed by atoms with van der Waals surface area (Å²) in [6, 6.07) is 11.7. The van der Waals surface area contributed by atoms with Gasteiger partial charge in [-0.25, -0.2) is 9.18 Å². The van der Waals surface area contributed by atoms with Gasteiger partial charge in [-0.15, -0.1) is 5.73 Å². The van der Waals surface area contributed by atoms with E-state index in [1.807, 2.05) is 13.0 Å². The lowest BCUT2D eigenvalue weighted by atomic mass is 10.1. The van der Waals surface area contributed by atoms with Gasteiger partial charge in [0.2, 0.25) is 0 Å². The van der Waals surface area contributed by atoms with Gasteiger partial charge in [-0.1, -0.05) is 25.6 Å². The van der Waals surface area contributed by atoms with Gasteiger partial charge >= 0.3 is 5.69 Å². The van der Waals surface area contributed by atoms with Crippen molar-refractivity contribution in [2.45, 2.75) is 40.7 Å². The molecule has 196 valence electrons. The molecule has 2 heterocycles. The Morgan fingerprint density at radius 3 is 2.47 bits per heavy atom. The molecule has 2 aromatic heterocycles. The molecule has 0 aliphatic rings. The smallest absolute Gasteiger partial charge is 0.336 e. The van der Waals surface area contributed by atoms with Gasteiger partial charge in [0.25, 0.3) is 11.1 Å². The number of allylic oxidation sites excluding steroid dienone is 1. The normalized spacial score (nSPS) is 10.9. The number of rotatable bonds is 7. The Morgan fingerprint density at radius 2 is 1.82 bits per heavy atom. The Morgan fingerprint density at radius 1 is 1.08 bits per heavy atom. The molecule has 0 saturated heterocycles. The number of hydrogen-bond donors (Lipinski definition) is 2. The van der Waals surface area contributed by atoms with Crippen molar-refractivity contribution in [3.8, 4) is 5.69 Å². The number of nitrogens with zero attached hydrogens (tertiary/aromatic N) is 3. The van der Waals surface area contributed by atoms with Crippen molar-refractivity contribution in [1.29, 1.82) is 0 Å². The Bertz CT molecular complexity index is 1810. The zero-order chi connectivity index (χ0) is 27.7. The van der Waals surface area contributed by atoms with E-state index in [4.69, 9.17) is 0 Å². The molecular weight excluding hydrogens is 485 g/mol. The lowest BCUT2D eigenvalue weighted by Crippen LogP contribution is -2.41. The van der Waals surface area contributed by atoms with Crippen LogP contribution < -0.4 is 27.4 Å². The maximum atomic E-state index is 14.8. The van der Waals surface area contributed by atoms with E-state index in [9.17, 15) is 18.8 Å². The van der Waals surface area contributed by atoms with Crippen molar-refractivity contribution in [2.24, 2.45) is 7.05 Å². The monoisotopic (exact) mass is 515 g/mol. The van der Waals surface area contributed by atoms with Crippen LogP contribution in [-0.4, -0.2) is 13.7 Å². The highest BCUT2D eigenvalue weighted by Gasteiger charge is 2.23. The molecule has 38 heavy (non-hydrogen) atoms. The summed E-state index contributed by atoms with van der Waals surface area (Å²) in [5.74, 6) is -0.431.